The molecule has 1 aromatic heterocycles. The van der Waals surface area contributed by atoms with E-state index in [4.69, 9.17) is 9.47 Å². The summed E-state index contributed by atoms with van der Waals surface area (Å²) in [6.07, 6.45) is 4.47. The van der Waals surface area contributed by atoms with Crippen molar-refractivity contribution in [3.63, 3.8) is 0 Å². The van der Waals surface area contributed by atoms with Crippen molar-refractivity contribution in [1.29, 1.82) is 0 Å². The van der Waals surface area contributed by atoms with Crippen molar-refractivity contribution in [2.24, 2.45) is 12.5 Å². The molecule has 3 rings (SSSR count). The maximum Gasteiger partial charge on any atom is 0.317 e. The smallest absolute Gasteiger partial charge is 0.317 e. The molecule has 134 valence electrons. The van der Waals surface area contributed by atoms with Crippen LogP contribution in [0.4, 0.5) is 4.79 Å². The zero-order valence-electron chi connectivity index (χ0n) is 14.5. The van der Waals surface area contributed by atoms with Crippen LogP contribution in [-0.4, -0.2) is 72.3 Å². The van der Waals surface area contributed by atoms with Gasteiger partial charge in [0.2, 0.25) is 0 Å². The van der Waals surface area contributed by atoms with Crippen LogP contribution in [0.3, 0.4) is 0 Å². The van der Waals surface area contributed by atoms with Crippen molar-refractivity contribution in [2.45, 2.75) is 25.2 Å². The molecule has 0 aliphatic carbocycles. The monoisotopic (exact) mass is 337 g/mol. The third-order valence-electron chi connectivity index (χ3n) is 5.28. The molecule has 8 nitrogen and oxygen atoms in total. The van der Waals surface area contributed by atoms with E-state index in [1.54, 1.807) is 13.4 Å². The van der Waals surface area contributed by atoms with Crippen LogP contribution < -0.4 is 5.32 Å². The first-order valence-electron chi connectivity index (χ1n) is 8.60. The Morgan fingerprint density at radius 2 is 2.29 bits per heavy atom. The van der Waals surface area contributed by atoms with E-state index in [1.165, 1.54) is 0 Å². The largest absolute Gasteiger partial charge is 0.385 e. The van der Waals surface area contributed by atoms with Crippen LogP contribution in [-0.2, 0) is 16.5 Å². The molecule has 0 aromatic carbocycles. The molecule has 0 bridgehead atoms. The lowest BCUT2D eigenvalue weighted by atomic mass is 9.72. The van der Waals surface area contributed by atoms with Gasteiger partial charge in [-0.15, -0.1) is 10.2 Å². The zero-order valence-corrected chi connectivity index (χ0v) is 14.5. The van der Waals surface area contributed by atoms with Gasteiger partial charge in [-0.25, -0.2) is 4.79 Å². The molecule has 0 saturated carbocycles. The summed E-state index contributed by atoms with van der Waals surface area (Å²) in [5.74, 6) is 1.17. The fourth-order valence-electron chi connectivity index (χ4n) is 3.89. The minimum atomic E-state index is 0.00152. The van der Waals surface area contributed by atoms with Crippen LogP contribution in [0.5, 0.6) is 0 Å². The number of hydrogen-bond acceptors (Lipinski definition) is 5. The summed E-state index contributed by atoms with van der Waals surface area (Å²) in [4.78, 5) is 14.5. The highest BCUT2D eigenvalue weighted by Crippen LogP contribution is 2.48. The van der Waals surface area contributed by atoms with Gasteiger partial charge in [0.1, 0.15) is 12.2 Å². The summed E-state index contributed by atoms with van der Waals surface area (Å²) in [7, 11) is 3.64. The highest BCUT2D eigenvalue weighted by Gasteiger charge is 2.50. The van der Waals surface area contributed by atoms with Gasteiger partial charge in [0.05, 0.1) is 0 Å². The lowest BCUT2D eigenvalue weighted by Gasteiger charge is -2.37. The van der Waals surface area contributed by atoms with Crippen molar-refractivity contribution in [3.8, 4) is 0 Å². The molecule has 1 unspecified atom stereocenters. The summed E-state index contributed by atoms with van der Waals surface area (Å²) in [5, 5.41) is 11.4. The number of hydrogen-bond donors (Lipinski definition) is 1. The number of carbonyl (C=O) groups is 1. The second kappa shape index (κ2) is 7.48. The predicted molar refractivity (Wildman–Crippen MR) is 87.7 cm³/mol. The normalized spacial score (nSPS) is 22.9. The van der Waals surface area contributed by atoms with Gasteiger partial charge in [-0.2, -0.15) is 0 Å². The maximum atomic E-state index is 12.5. The molecule has 3 heterocycles. The number of nitrogens with one attached hydrogen (secondary N) is 1. The summed E-state index contributed by atoms with van der Waals surface area (Å²) in [6.45, 7) is 4.22. The molecular weight excluding hydrogens is 310 g/mol. The molecule has 2 aliphatic heterocycles. The Morgan fingerprint density at radius 3 is 2.96 bits per heavy atom. The molecule has 2 fully saturated rings. The van der Waals surface area contributed by atoms with Crippen molar-refractivity contribution in [3.05, 3.63) is 12.2 Å². The predicted octanol–water partition coefficient (Wildman–Crippen LogP) is 0.757. The van der Waals surface area contributed by atoms with E-state index in [2.05, 4.69) is 15.5 Å². The van der Waals surface area contributed by atoms with Crippen LogP contribution >= 0.6 is 0 Å². The second-order valence-corrected chi connectivity index (χ2v) is 6.79. The summed E-state index contributed by atoms with van der Waals surface area (Å²) in [5.41, 5.74) is 0.0446. The standard InChI is InChI=1S/C16H27N5O3/c1-20-12-18-19-14(20)13-10-21(15(22)17-6-3-7-23-2)11-16(13)4-8-24-9-5-16/h12-13H,3-11H2,1-2H3,(H,17,22). The van der Waals surface area contributed by atoms with E-state index in [1.807, 2.05) is 16.5 Å². The average Bonchev–Trinajstić information content (AvgIpc) is 3.16. The van der Waals surface area contributed by atoms with Gasteiger partial charge in [-0.05, 0) is 19.3 Å². The number of ether oxygens (including phenoxy) is 2. The van der Waals surface area contributed by atoms with E-state index in [0.717, 1.165) is 44.8 Å². The lowest BCUT2D eigenvalue weighted by Crippen LogP contribution is -2.41. The van der Waals surface area contributed by atoms with E-state index in [9.17, 15) is 4.79 Å². The first-order valence-corrected chi connectivity index (χ1v) is 8.60. The summed E-state index contributed by atoms with van der Waals surface area (Å²) in [6, 6.07) is 0.00152. The van der Waals surface area contributed by atoms with Gasteiger partial charge >= 0.3 is 6.03 Å². The van der Waals surface area contributed by atoms with Crippen molar-refractivity contribution >= 4 is 6.03 Å². The molecular formula is C16H27N5O3. The Morgan fingerprint density at radius 1 is 1.50 bits per heavy atom. The molecule has 1 atom stereocenters. The van der Waals surface area contributed by atoms with Gasteiger partial charge in [-0.3, -0.25) is 0 Å². The van der Waals surface area contributed by atoms with Gasteiger partial charge in [0.25, 0.3) is 0 Å². The van der Waals surface area contributed by atoms with Crippen LogP contribution in [0.1, 0.15) is 31.0 Å². The van der Waals surface area contributed by atoms with E-state index < -0.39 is 0 Å². The third kappa shape index (κ3) is 3.39. The Kier molecular flexibility index (Phi) is 5.35. The molecule has 1 aromatic rings. The first kappa shape index (κ1) is 17.2. The molecule has 1 N–H and O–H groups in total. The number of likely N-dealkylation sites (tertiary alicyclic amines) is 1. The van der Waals surface area contributed by atoms with Gasteiger partial charge < -0.3 is 24.3 Å². The fraction of sp³-hybridized carbons (Fsp3) is 0.812. The van der Waals surface area contributed by atoms with Crippen LogP contribution in [0, 0.1) is 5.41 Å². The highest BCUT2D eigenvalue weighted by atomic mass is 16.5. The lowest BCUT2D eigenvalue weighted by molar-refractivity contribution is 0.0120. The number of methoxy groups -OCH3 is 1. The Hall–Kier alpha value is -1.67. The number of carbonyl (C=O) groups excluding carboxylic acids is 1. The van der Waals surface area contributed by atoms with Crippen molar-refractivity contribution in [1.82, 2.24) is 25.0 Å². The number of amides is 2. The quantitative estimate of drug-likeness (QED) is 0.802. The Bertz CT molecular complexity index is 556. The van der Waals surface area contributed by atoms with Gasteiger partial charge in [-0.1, -0.05) is 0 Å². The molecule has 2 saturated heterocycles. The Balaban J connectivity index is 1.71. The number of rotatable bonds is 5. The van der Waals surface area contributed by atoms with Gasteiger partial charge in [0.15, 0.2) is 0 Å². The first-order chi connectivity index (χ1) is 11.7. The molecule has 8 heteroatoms. The molecule has 24 heavy (non-hydrogen) atoms. The minimum Gasteiger partial charge on any atom is -0.385 e. The number of aryl methyl sites for hydroxylation is 1. The minimum absolute atomic E-state index is 0.00152. The average molecular weight is 337 g/mol. The van der Waals surface area contributed by atoms with Crippen LogP contribution in [0.2, 0.25) is 0 Å². The topological polar surface area (TPSA) is 81.5 Å². The molecule has 0 radical (unpaired) electrons. The Labute approximate surface area is 142 Å². The number of aromatic nitrogens is 3. The third-order valence-corrected chi connectivity index (χ3v) is 5.28. The SMILES string of the molecule is COCCCNC(=O)N1CC(c2nncn2C)C2(CCOCC2)C1. The second-order valence-electron chi connectivity index (χ2n) is 6.79. The number of nitrogens with zero attached hydrogens (tertiary/aromatic N) is 4. The van der Waals surface area contributed by atoms with Crippen molar-refractivity contribution < 1.29 is 14.3 Å². The van der Waals surface area contributed by atoms with Gasteiger partial charge in [0, 0.05) is 64.9 Å². The number of urea groups is 1. The van der Waals surface area contributed by atoms with E-state index in [-0.39, 0.29) is 17.4 Å². The maximum absolute atomic E-state index is 12.5. The summed E-state index contributed by atoms with van der Waals surface area (Å²) >= 11 is 0. The van der Waals surface area contributed by atoms with Crippen LogP contribution in [0.15, 0.2) is 6.33 Å². The van der Waals surface area contributed by atoms with Crippen LogP contribution in [0.25, 0.3) is 0 Å². The van der Waals surface area contributed by atoms with E-state index >= 15 is 0 Å². The molecule has 2 aliphatic rings. The van der Waals surface area contributed by atoms with Crippen molar-refractivity contribution in [2.75, 3.05) is 46.6 Å². The molecule has 2 amide bonds. The fourth-order valence-corrected chi connectivity index (χ4v) is 3.89. The van der Waals surface area contributed by atoms with E-state index in [0.29, 0.717) is 19.7 Å². The molecule has 1 spiro atoms. The zero-order chi connectivity index (χ0) is 17.0. The highest BCUT2D eigenvalue weighted by molar-refractivity contribution is 5.74. The summed E-state index contributed by atoms with van der Waals surface area (Å²) < 4.78 is 12.6.